The number of nitrogens with zero attached hydrogens (tertiary/aromatic N) is 1. The number of benzene rings is 2. The molecule has 6 heteroatoms. The van der Waals surface area contributed by atoms with Crippen LogP contribution >= 0.6 is 0 Å². The van der Waals surface area contributed by atoms with E-state index in [1.54, 1.807) is 30.3 Å². The normalized spacial score (nSPS) is 11.2. The van der Waals surface area contributed by atoms with E-state index >= 15 is 0 Å². The van der Waals surface area contributed by atoms with Gasteiger partial charge in [-0.2, -0.15) is 13.2 Å². The topological polar surface area (TPSA) is 40.5 Å². The van der Waals surface area contributed by atoms with Gasteiger partial charge in [0.1, 0.15) is 0 Å². The van der Waals surface area contributed by atoms with Crippen molar-refractivity contribution in [3.63, 3.8) is 0 Å². The molecule has 0 saturated carbocycles. The summed E-state index contributed by atoms with van der Waals surface area (Å²) in [4.78, 5) is 12.3. The number of hydrogen-bond acceptors (Lipinski definition) is 1. The lowest BCUT2D eigenvalue weighted by Crippen LogP contribution is -2.28. The first kappa shape index (κ1) is 14.9. The highest BCUT2D eigenvalue weighted by atomic mass is 19.4. The predicted molar refractivity (Wildman–Crippen MR) is 72.1 cm³/mol. The van der Waals surface area contributed by atoms with E-state index in [1.165, 1.54) is 12.1 Å². The monoisotopic (exact) mass is 295 g/mol. The molecule has 0 spiro atoms. The van der Waals surface area contributed by atoms with Gasteiger partial charge in [0.25, 0.3) is 0 Å². The average molecular weight is 295 g/mol. The molecule has 110 valence electrons. The Morgan fingerprint density at radius 3 is 2.05 bits per heavy atom. The van der Waals surface area contributed by atoms with Crippen molar-refractivity contribution in [2.75, 3.05) is 4.90 Å². The summed E-state index contributed by atoms with van der Waals surface area (Å²) in [6.45, 7) is -0.0164. The van der Waals surface area contributed by atoms with E-state index in [0.717, 1.165) is 17.0 Å². The largest absolute Gasteiger partial charge is 0.465 e. The summed E-state index contributed by atoms with van der Waals surface area (Å²) >= 11 is 0. The first-order chi connectivity index (χ1) is 9.88. The first-order valence-corrected chi connectivity index (χ1v) is 6.09. The van der Waals surface area contributed by atoms with Gasteiger partial charge in [-0.3, -0.25) is 4.90 Å². The van der Waals surface area contributed by atoms with Crippen LogP contribution in [0.4, 0.5) is 23.7 Å². The number of anilines is 1. The van der Waals surface area contributed by atoms with Crippen LogP contribution in [0.3, 0.4) is 0 Å². The van der Waals surface area contributed by atoms with Gasteiger partial charge in [-0.25, -0.2) is 4.79 Å². The molecule has 1 N–H and O–H groups in total. The minimum Gasteiger partial charge on any atom is -0.465 e. The quantitative estimate of drug-likeness (QED) is 0.912. The van der Waals surface area contributed by atoms with Gasteiger partial charge >= 0.3 is 12.3 Å². The maximum atomic E-state index is 12.5. The van der Waals surface area contributed by atoms with Crippen LogP contribution < -0.4 is 4.90 Å². The molecular formula is C15H12F3NO2. The average Bonchev–Trinajstić information content (AvgIpc) is 2.45. The minimum atomic E-state index is -4.40. The Bertz CT molecular complexity index is 609. The molecule has 0 radical (unpaired) electrons. The number of amides is 1. The molecule has 2 aromatic rings. The number of alkyl halides is 3. The molecule has 0 aromatic heterocycles. The Morgan fingerprint density at radius 1 is 1.00 bits per heavy atom. The molecule has 0 fully saturated rings. The second-order valence-corrected chi connectivity index (χ2v) is 4.40. The lowest BCUT2D eigenvalue weighted by atomic mass is 10.1. The fourth-order valence-corrected chi connectivity index (χ4v) is 1.86. The molecule has 2 aromatic carbocycles. The molecule has 1 amide bonds. The molecule has 0 unspecified atom stereocenters. The van der Waals surface area contributed by atoms with Crippen molar-refractivity contribution in [1.82, 2.24) is 0 Å². The highest BCUT2D eigenvalue weighted by molar-refractivity contribution is 5.85. The third kappa shape index (κ3) is 3.75. The van der Waals surface area contributed by atoms with Crippen molar-refractivity contribution in [1.29, 1.82) is 0 Å². The van der Waals surface area contributed by atoms with Crippen LogP contribution in [-0.2, 0) is 12.7 Å². The summed E-state index contributed by atoms with van der Waals surface area (Å²) < 4.78 is 37.4. The van der Waals surface area contributed by atoms with E-state index in [1.807, 2.05) is 0 Å². The molecule has 0 aliphatic heterocycles. The van der Waals surface area contributed by atoms with E-state index in [2.05, 4.69) is 0 Å². The van der Waals surface area contributed by atoms with E-state index < -0.39 is 17.8 Å². The van der Waals surface area contributed by atoms with Gasteiger partial charge < -0.3 is 5.11 Å². The van der Waals surface area contributed by atoms with Gasteiger partial charge in [-0.1, -0.05) is 30.3 Å². The van der Waals surface area contributed by atoms with Gasteiger partial charge in [0.15, 0.2) is 0 Å². The van der Waals surface area contributed by atoms with Crippen molar-refractivity contribution in [3.8, 4) is 0 Å². The van der Waals surface area contributed by atoms with Gasteiger partial charge in [-0.15, -0.1) is 0 Å². The summed E-state index contributed by atoms with van der Waals surface area (Å²) in [5.74, 6) is 0. The summed E-state index contributed by atoms with van der Waals surface area (Å²) in [6.07, 6.45) is -5.56. The minimum absolute atomic E-state index is 0.0164. The number of carbonyl (C=O) groups is 1. The highest BCUT2D eigenvalue weighted by Gasteiger charge is 2.30. The van der Waals surface area contributed by atoms with E-state index in [-0.39, 0.29) is 6.54 Å². The van der Waals surface area contributed by atoms with Crippen LogP contribution in [0.1, 0.15) is 11.1 Å². The van der Waals surface area contributed by atoms with Crippen LogP contribution in [0.15, 0.2) is 54.6 Å². The van der Waals surface area contributed by atoms with Crippen molar-refractivity contribution in [2.24, 2.45) is 0 Å². The molecule has 0 saturated heterocycles. The molecule has 0 aliphatic carbocycles. The zero-order valence-electron chi connectivity index (χ0n) is 10.8. The number of hydrogen-bond donors (Lipinski definition) is 1. The van der Waals surface area contributed by atoms with Crippen LogP contribution in [0.25, 0.3) is 0 Å². The maximum Gasteiger partial charge on any atom is 0.416 e. The summed E-state index contributed by atoms with van der Waals surface area (Å²) in [7, 11) is 0. The Morgan fingerprint density at radius 2 is 1.57 bits per heavy atom. The second-order valence-electron chi connectivity index (χ2n) is 4.40. The van der Waals surface area contributed by atoms with Crippen molar-refractivity contribution < 1.29 is 23.1 Å². The smallest absolute Gasteiger partial charge is 0.416 e. The maximum absolute atomic E-state index is 12.5. The lowest BCUT2D eigenvalue weighted by molar-refractivity contribution is -0.137. The third-order valence-electron chi connectivity index (χ3n) is 2.92. The molecule has 0 atom stereocenters. The van der Waals surface area contributed by atoms with E-state index in [4.69, 9.17) is 0 Å². The van der Waals surface area contributed by atoms with E-state index in [0.29, 0.717) is 11.3 Å². The molecule has 2 rings (SSSR count). The summed E-state index contributed by atoms with van der Waals surface area (Å²) in [6, 6.07) is 12.8. The number of rotatable bonds is 3. The zero-order chi connectivity index (χ0) is 15.5. The molecule has 3 nitrogen and oxygen atoms in total. The highest BCUT2D eigenvalue weighted by Crippen LogP contribution is 2.29. The summed E-state index contributed by atoms with van der Waals surface area (Å²) in [5, 5.41) is 9.22. The van der Waals surface area contributed by atoms with Gasteiger partial charge in [0.05, 0.1) is 12.1 Å². The lowest BCUT2D eigenvalue weighted by Gasteiger charge is -2.19. The zero-order valence-corrected chi connectivity index (χ0v) is 10.8. The Labute approximate surface area is 119 Å². The van der Waals surface area contributed by atoms with Crippen LogP contribution in [0, 0.1) is 0 Å². The van der Waals surface area contributed by atoms with Gasteiger partial charge in [0.2, 0.25) is 0 Å². The Balaban J connectivity index is 2.20. The van der Waals surface area contributed by atoms with Crippen molar-refractivity contribution in [2.45, 2.75) is 12.7 Å². The fraction of sp³-hybridized carbons (Fsp3) is 0.133. The second kappa shape index (κ2) is 5.87. The SMILES string of the molecule is O=C(O)N(Cc1ccc(C(F)(F)F)cc1)c1ccccc1. The Kier molecular flexibility index (Phi) is 4.16. The molecule has 0 heterocycles. The number of carboxylic acid groups (broad SMARTS) is 1. The van der Waals surface area contributed by atoms with Crippen LogP contribution in [0.5, 0.6) is 0 Å². The fourth-order valence-electron chi connectivity index (χ4n) is 1.86. The number of halogens is 3. The van der Waals surface area contributed by atoms with Gasteiger partial charge in [-0.05, 0) is 29.8 Å². The number of para-hydroxylation sites is 1. The molecule has 21 heavy (non-hydrogen) atoms. The predicted octanol–water partition coefficient (Wildman–Crippen LogP) is 4.39. The standard InChI is InChI=1S/C15H12F3NO2/c16-15(17,18)12-8-6-11(7-9-12)10-19(14(20)21)13-4-2-1-3-5-13/h1-9H,10H2,(H,20,21). The molecule has 0 aliphatic rings. The molecule has 0 bridgehead atoms. The first-order valence-electron chi connectivity index (χ1n) is 6.09. The Hall–Kier alpha value is -2.50. The van der Waals surface area contributed by atoms with Crippen molar-refractivity contribution in [3.05, 3.63) is 65.7 Å². The third-order valence-corrected chi connectivity index (χ3v) is 2.92. The van der Waals surface area contributed by atoms with Crippen LogP contribution in [-0.4, -0.2) is 11.2 Å². The molecular weight excluding hydrogens is 283 g/mol. The van der Waals surface area contributed by atoms with Gasteiger partial charge in [0, 0.05) is 5.69 Å². The van der Waals surface area contributed by atoms with E-state index in [9.17, 15) is 23.1 Å². The van der Waals surface area contributed by atoms with Crippen molar-refractivity contribution >= 4 is 11.8 Å². The summed E-state index contributed by atoms with van der Waals surface area (Å²) in [5.41, 5.74) is 0.187. The van der Waals surface area contributed by atoms with Crippen LogP contribution in [0.2, 0.25) is 0 Å².